The molecular weight excluding hydrogens is 489 g/mol. The van der Waals surface area contributed by atoms with Crippen LogP contribution in [0.25, 0.3) is 11.0 Å². The van der Waals surface area contributed by atoms with Crippen molar-refractivity contribution in [1.29, 1.82) is 0 Å². The summed E-state index contributed by atoms with van der Waals surface area (Å²) in [5, 5.41) is 11.5. The highest BCUT2D eigenvalue weighted by atomic mass is 19.4. The molecule has 1 aromatic carbocycles. The van der Waals surface area contributed by atoms with E-state index < -0.39 is 29.8 Å². The van der Waals surface area contributed by atoms with E-state index in [0.29, 0.717) is 56.2 Å². The molecule has 2 aliphatic rings. The van der Waals surface area contributed by atoms with Gasteiger partial charge in [-0.3, -0.25) is 9.69 Å². The molecular formula is C25H29F3N6O3. The molecule has 3 N–H and O–H groups in total. The predicted molar refractivity (Wildman–Crippen MR) is 130 cm³/mol. The van der Waals surface area contributed by atoms with Crippen molar-refractivity contribution in [1.82, 2.24) is 19.4 Å². The number of halogens is 3. The number of hydrogen-bond donors (Lipinski definition) is 2. The molecule has 2 aromatic heterocycles. The number of fused-ring (bicyclic) bond motifs is 1. The monoisotopic (exact) mass is 518 g/mol. The Bertz CT molecular complexity index is 1270. The first-order valence-corrected chi connectivity index (χ1v) is 12.2. The van der Waals surface area contributed by atoms with Crippen molar-refractivity contribution in [3.8, 4) is 0 Å². The van der Waals surface area contributed by atoms with Crippen LogP contribution in [0.3, 0.4) is 0 Å². The van der Waals surface area contributed by atoms with Gasteiger partial charge in [0.25, 0.3) is 0 Å². The second-order valence-electron chi connectivity index (χ2n) is 9.63. The quantitative estimate of drug-likeness (QED) is 0.515. The van der Waals surface area contributed by atoms with E-state index in [0.717, 1.165) is 11.5 Å². The summed E-state index contributed by atoms with van der Waals surface area (Å²) in [5.74, 6) is 0.184. The molecule has 2 saturated heterocycles. The van der Waals surface area contributed by atoms with Crippen molar-refractivity contribution in [2.24, 2.45) is 11.7 Å². The molecule has 5 rings (SSSR count). The van der Waals surface area contributed by atoms with Crippen LogP contribution in [0.4, 0.5) is 19.0 Å². The van der Waals surface area contributed by atoms with Crippen LogP contribution in [-0.4, -0.2) is 75.9 Å². The van der Waals surface area contributed by atoms with Crippen LogP contribution in [0.1, 0.15) is 23.6 Å². The Hall–Kier alpha value is -3.22. The number of anilines is 1. The average molecular weight is 519 g/mol. The Balaban J connectivity index is 1.40. The number of alkyl halides is 3. The highest BCUT2D eigenvalue weighted by Crippen LogP contribution is 2.36. The number of nitrogens with zero attached hydrogens (tertiary/aromatic N) is 5. The van der Waals surface area contributed by atoms with Crippen LogP contribution in [0.5, 0.6) is 0 Å². The molecule has 2 aliphatic heterocycles. The zero-order valence-electron chi connectivity index (χ0n) is 20.1. The minimum atomic E-state index is -4.43. The van der Waals surface area contributed by atoms with Gasteiger partial charge in [-0.2, -0.15) is 13.2 Å². The van der Waals surface area contributed by atoms with E-state index in [1.165, 1.54) is 18.5 Å². The summed E-state index contributed by atoms with van der Waals surface area (Å²) < 4.78 is 47.7. The van der Waals surface area contributed by atoms with E-state index in [2.05, 4.69) is 9.97 Å². The average Bonchev–Trinajstić information content (AvgIpc) is 3.28. The van der Waals surface area contributed by atoms with E-state index in [-0.39, 0.29) is 19.1 Å². The fourth-order valence-electron chi connectivity index (χ4n) is 5.30. The molecule has 37 heavy (non-hydrogen) atoms. The maximum atomic E-state index is 13.4. The van der Waals surface area contributed by atoms with Gasteiger partial charge in [0.05, 0.1) is 42.9 Å². The van der Waals surface area contributed by atoms with Gasteiger partial charge < -0.3 is 25.0 Å². The molecule has 198 valence electrons. The Morgan fingerprint density at radius 1 is 1.22 bits per heavy atom. The number of nitrogens with two attached hydrogens (primary N) is 1. The van der Waals surface area contributed by atoms with Crippen molar-refractivity contribution in [3.05, 3.63) is 54.0 Å². The minimum Gasteiger partial charge on any atom is -0.391 e. The summed E-state index contributed by atoms with van der Waals surface area (Å²) in [7, 11) is 0. The molecule has 3 atom stereocenters. The summed E-state index contributed by atoms with van der Waals surface area (Å²) in [6, 6.07) is 6.79. The lowest BCUT2D eigenvalue weighted by Crippen LogP contribution is -2.47. The first-order chi connectivity index (χ1) is 17.7. The zero-order chi connectivity index (χ0) is 26.2. The third kappa shape index (κ3) is 5.41. The summed E-state index contributed by atoms with van der Waals surface area (Å²) in [5.41, 5.74) is 5.77. The van der Waals surface area contributed by atoms with E-state index in [9.17, 15) is 23.1 Å². The molecule has 0 saturated carbocycles. The molecule has 2 fully saturated rings. The normalized spacial score (nSPS) is 23.5. The standard InChI is InChI=1S/C25H29F3N6O3/c26-25(27,28)18-3-1-2-16(10-18)20-14-37-9-8-34(20)24-19-5-7-33(23(19)30-15-31-24)11-17-4-6-32(12-21(17)35)13-22(29)36/h1-3,5,7,10,15,17,20-21,35H,4,6,8-9,11-14H2,(H2,29,36)/t17?,20?,21-/m0/s1. The molecule has 4 heterocycles. The van der Waals surface area contributed by atoms with Crippen LogP contribution < -0.4 is 10.6 Å². The van der Waals surface area contributed by atoms with Gasteiger partial charge >= 0.3 is 6.18 Å². The molecule has 12 heteroatoms. The number of rotatable bonds is 6. The van der Waals surface area contributed by atoms with Crippen molar-refractivity contribution in [2.45, 2.75) is 31.3 Å². The van der Waals surface area contributed by atoms with Gasteiger partial charge in [0, 0.05) is 31.7 Å². The number of morpholine rings is 1. The molecule has 3 aromatic rings. The number of primary amides is 1. The fraction of sp³-hybridized carbons (Fsp3) is 0.480. The second kappa shape index (κ2) is 10.3. The molecule has 0 aliphatic carbocycles. The van der Waals surface area contributed by atoms with E-state index >= 15 is 0 Å². The summed E-state index contributed by atoms with van der Waals surface area (Å²) in [6.07, 6.45) is -0.996. The minimum absolute atomic E-state index is 0.0283. The van der Waals surface area contributed by atoms with Crippen LogP contribution in [0.15, 0.2) is 42.9 Å². The number of carbonyl (C=O) groups is 1. The molecule has 0 spiro atoms. The molecule has 1 amide bonds. The molecule has 0 bridgehead atoms. The van der Waals surface area contributed by atoms with Crippen molar-refractivity contribution < 1.29 is 27.8 Å². The lowest BCUT2D eigenvalue weighted by atomic mass is 9.93. The maximum Gasteiger partial charge on any atom is 0.416 e. The Morgan fingerprint density at radius 2 is 2.05 bits per heavy atom. The number of carbonyl (C=O) groups excluding carboxylic acids is 1. The van der Waals surface area contributed by atoms with Crippen LogP contribution in [0.2, 0.25) is 0 Å². The SMILES string of the molecule is NC(=O)CN1CCC(Cn2ccc3c(N4CCOCC4c4cccc(C(F)(F)F)c4)ncnc32)[C@@H](O)C1. The Morgan fingerprint density at radius 3 is 2.81 bits per heavy atom. The fourth-order valence-corrected chi connectivity index (χ4v) is 5.30. The molecule has 9 nitrogen and oxygen atoms in total. The third-order valence-electron chi connectivity index (χ3n) is 7.15. The molecule has 2 unspecified atom stereocenters. The first-order valence-electron chi connectivity index (χ1n) is 12.2. The van der Waals surface area contributed by atoms with Gasteiger partial charge in [-0.05, 0) is 36.7 Å². The number of likely N-dealkylation sites (tertiary alicyclic amines) is 1. The number of benzene rings is 1. The van der Waals surface area contributed by atoms with Gasteiger partial charge in [0.15, 0.2) is 0 Å². The lowest BCUT2D eigenvalue weighted by molar-refractivity contribution is -0.137. The van der Waals surface area contributed by atoms with E-state index in [4.69, 9.17) is 10.5 Å². The number of aromatic nitrogens is 3. The molecule has 0 radical (unpaired) electrons. The van der Waals surface area contributed by atoms with Crippen LogP contribution >= 0.6 is 0 Å². The number of ether oxygens (including phenoxy) is 1. The van der Waals surface area contributed by atoms with Crippen molar-refractivity contribution in [3.63, 3.8) is 0 Å². The topological polar surface area (TPSA) is 110 Å². The Kier molecular flexibility index (Phi) is 7.06. The highest BCUT2D eigenvalue weighted by Gasteiger charge is 2.34. The smallest absolute Gasteiger partial charge is 0.391 e. The lowest BCUT2D eigenvalue weighted by Gasteiger charge is -2.37. The highest BCUT2D eigenvalue weighted by molar-refractivity contribution is 5.88. The number of aliphatic hydroxyl groups excluding tert-OH is 1. The van der Waals surface area contributed by atoms with Gasteiger partial charge in [-0.1, -0.05) is 12.1 Å². The van der Waals surface area contributed by atoms with E-state index in [1.807, 2.05) is 26.6 Å². The third-order valence-corrected chi connectivity index (χ3v) is 7.15. The summed E-state index contributed by atoms with van der Waals surface area (Å²) in [4.78, 5) is 24.0. The first kappa shape index (κ1) is 25.4. The maximum absolute atomic E-state index is 13.4. The number of aliphatic hydroxyl groups is 1. The van der Waals surface area contributed by atoms with Crippen LogP contribution in [-0.2, 0) is 22.3 Å². The summed E-state index contributed by atoms with van der Waals surface area (Å²) in [6.45, 7) is 2.83. The summed E-state index contributed by atoms with van der Waals surface area (Å²) >= 11 is 0. The largest absolute Gasteiger partial charge is 0.416 e. The number of piperidine rings is 1. The van der Waals surface area contributed by atoms with Crippen molar-refractivity contribution >= 4 is 22.8 Å². The zero-order valence-corrected chi connectivity index (χ0v) is 20.1. The van der Waals surface area contributed by atoms with Gasteiger partial charge in [-0.15, -0.1) is 0 Å². The number of β-amino-alcohol motifs (C(OH)–C–C–N with tert-alkyl or cyclic N) is 1. The van der Waals surface area contributed by atoms with Gasteiger partial charge in [0.2, 0.25) is 5.91 Å². The Labute approximate surface area is 211 Å². The van der Waals surface area contributed by atoms with Crippen molar-refractivity contribution in [2.75, 3.05) is 44.3 Å². The van der Waals surface area contributed by atoms with Gasteiger partial charge in [0.1, 0.15) is 17.8 Å². The number of amides is 1. The van der Waals surface area contributed by atoms with E-state index in [1.54, 1.807) is 6.07 Å². The van der Waals surface area contributed by atoms with Crippen LogP contribution in [0, 0.1) is 5.92 Å². The second-order valence-corrected chi connectivity index (χ2v) is 9.63. The van der Waals surface area contributed by atoms with Gasteiger partial charge in [-0.25, -0.2) is 9.97 Å². The predicted octanol–water partition coefficient (Wildman–Crippen LogP) is 2.20. The number of hydrogen-bond acceptors (Lipinski definition) is 7.